The van der Waals surface area contributed by atoms with Crippen LogP contribution in [-0.2, 0) is 0 Å². The average Bonchev–Trinajstić information content (AvgIpc) is 2.81. The summed E-state index contributed by atoms with van der Waals surface area (Å²) in [4.78, 5) is 15.0. The fourth-order valence-electron chi connectivity index (χ4n) is 7.55. The van der Waals surface area contributed by atoms with Crippen LogP contribution >= 0.6 is 0 Å². The van der Waals surface area contributed by atoms with Gasteiger partial charge in [0.2, 0.25) is 0 Å². The molecule has 0 saturated heterocycles. The minimum absolute atomic E-state index is 0.0118. The minimum Gasteiger partial charge on any atom is -0.456 e. The smallest absolute Gasteiger partial charge is 0.166 e. The molecule has 0 radical (unpaired) electrons. The van der Waals surface area contributed by atoms with Crippen molar-refractivity contribution in [3.8, 4) is 73.2 Å². The van der Waals surface area contributed by atoms with E-state index in [2.05, 4.69) is 0 Å². The lowest BCUT2D eigenvalue weighted by Gasteiger charge is -2.16. The highest BCUT2D eigenvalue weighted by atomic mass is 16.3. The second-order valence-electron chi connectivity index (χ2n) is 14.1. The third kappa shape index (κ3) is 6.14. The lowest BCUT2D eigenvalue weighted by atomic mass is 9.99. The number of hydrogen-bond donors (Lipinski definition) is 0. The molecular weight excluding hydrogens is 757 g/mol. The van der Waals surface area contributed by atoms with Crippen LogP contribution in [0.15, 0.2) is 222 Å². The summed E-state index contributed by atoms with van der Waals surface area (Å²) in [5, 5.41) is -1.03. The molecule has 0 N–H and O–H groups in total. The Hall–Kier alpha value is -8.41. The summed E-state index contributed by atoms with van der Waals surface area (Å²) in [5.74, 6) is 0.175. The highest BCUT2D eigenvalue weighted by Crippen LogP contribution is 2.40. The normalized spacial score (nSPS) is 15.8. The molecule has 290 valence electrons. The zero-order valence-electron chi connectivity index (χ0n) is 51.0. The monoisotopic (exact) mass is 811 g/mol. The van der Waals surface area contributed by atoms with Crippen molar-refractivity contribution >= 4 is 43.7 Å². The first kappa shape index (κ1) is 21.2. The summed E-state index contributed by atoms with van der Waals surface area (Å²) < 4.78 is 178. The Kier molecular flexibility index (Phi) is 5.03. The molecule has 0 aliphatic rings. The first-order chi connectivity index (χ1) is 38.6. The fourth-order valence-corrected chi connectivity index (χ4v) is 7.55. The van der Waals surface area contributed by atoms with Crippen molar-refractivity contribution < 1.29 is 30.5 Å². The van der Waals surface area contributed by atoms with E-state index in [9.17, 15) is 11.0 Å². The van der Waals surface area contributed by atoms with Crippen LogP contribution in [0.5, 0.6) is 0 Å². The molecule has 3 aromatic heterocycles. The van der Waals surface area contributed by atoms with Crippen molar-refractivity contribution in [2.75, 3.05) is 0 Å². The van der Waals surface area contributed by atoms with Gasteiger partial charge in [-0.2, -0.15) is 0 Å². The Morgan fingerprint density at radius 3 is 1.73 bits per heavy atom. The van der Waals surface area contributed by atoms with Crippen LogP contribution in [0.4, 0.5) is 0 Å². The third-order valence-electron chi connectivity index (χ3n) is 10.5. The van der Waals surface area contributed by atoms with E-state index in [0.717, 1.165) is 11.1 Å². The lowest BCUT2D eigenvalue weighted by Crippen LogP contribution is -2.04. The van der Waals surface area contributed by atoms with Gasteiger partial charge in [0.25, 0.3) is 0 Å². The van der Waals surface area contributed by atoms with Crippen molar-refractivity contribution in [1.82, 2.24) is 19.5 Å². The molecule has 0 fully saturated rings. The second kappa shape index (κ2) is 14.7. The predicted octanol–water partition coefficient (Wildman–Crippen LogP) is 14.9. The van der Waals surface area contributed by atoms with Crippen LogP contribution in [0.25, 0.3) is 117 Å². The summed E-state index contributed by atoms with van der Waals surface area (Å²) in [6, 6.07) is 17.6. The Bertz CT molecular complexity index is 4710. The van der Waals surface area contributed by atoms with Crippen LogP contribution in [0.2, 0.25) is 0 Å². The molecular formula is C57H36N4O. The van der Waals surface area contributed by atoms with Crippen LogP contribution in [0.1, 0.15) is 26.0 Å². The number of para-hydroxylation sites is 2. The molecule has 0 amide bonds. The summed E-state index contributed by atoms with van der Waals surface area (Å²) in [5.41, 5.74) is 0.254. The SMILES string of the molecule is [2H]c1c([2H])c([2H])c(-c2c([2H])c([2H])c3c(c2[2H])c2c([2H])c([2H])c([2H])c([2H])c2n3-c2ccc(-c3c([2H])c([2H])c4c(oc5c([2H])c([2H])c([2H])c([2H])c54)c3[2H])cc2-c2nc(-c3ccccc3)nc(-c3ccc(-c4ccccc4)cc3)n2)c([2H])c1[2H]. The third-order valence-corrected chi connectivity index (χ3v) is 10.5. The van der Waals surface area contributed by atoms with Gasteiger partial charge in [-0.05, 0) is 81.8 Å². The van der Waals surface area contributed by atoms with Gasteiger partial charge < -0.3 is 8.98 Å². The van der Waals surface area contributed by atoms with Gasteiger partial charge in [-0.25, -0.2) is 15.0 Å². The van der Waals surface area contributed by atoms with Gasteiger partial charge in [-0.15, -0.1) is 0 Å². The summed E-state index contributed by atoms with van der Waals surface area (Å²) in [7, 11) is 0. The number of benzene rings is 9. The number of hydrogen-bond acceptors (Lipinski definition) is 4. The van der Waals surface area contributed by atoms with E-state index < -0.39 is 126 Å². The topological polar surface area (TPSA) is 56.7 Å². The molecule has 3 heterocycles. The van der Waals surface area contributed by atoms with Gasteiger partial charge >= 0.3 is 0 Å². The average molecular weight is 812 g/mol. The van der Waals surface area contributed by atoms with Crippen molar-refractivity contribution in [2.24, 2.45) is 0 Å². The number of furan rings is 1. The van der Waals surface area contributed by atoms with Crippen LogP contribution in [0, 0.1) is 0 Å². The predicted molar refractivity (Wildman–Crippen MR) is 254 cm³/mol. The van der Waals surface area contributed by atoms with Gasteiger partial charge in [-0.3, -0.25) is 0 Å². The van der Waals surface area contributed by atoms with E-state index in [-0.39, 0.29) is 83.6 Å². The van der Waals surface area contributed by atoms with Gasteiger partial charge in [0.15, 0.2) is 17.5 Å². The molecule has 0 saturated carbocycles. The van der Waals surface area contributed by atoms with Crippen molar-refractivity contribution in [3.63, 3.8) is 0 Å². The summed E-state index contributed by atoms with van der Waals surface area (Å²) in [6.45, 7) is 0. The van der Waals surface area contributed by atoms with E-state index in [0.29, 0.717) is 11.1 Å². The largest absolute Gasteiger partial charge is 0.456 e. The van der Waals surface area contributed by atoms with E-state index in [4.69, 9.17) is 34.4 Å². The molecule has 0 atom stereocenters. The zero-order chi connectivity index (χ0) is 57.5. The summed E-state index contributed by atoms with van der Waals surface area (Å²) in [6.07, 6.45) is 0. The second-order valence-corrected chi connectivity index (χ2v) is 14.1. The van der Waals surface area contributed by atoms with E-state index in [1.165, 1.54) is 22.8 Å². The number of rotatable bonds is 7. The van der Waals surface area contributed by atoms with Crippen molar-refractivity contribution in [2.45, 2.75) is 0 Å². The maximum atomic E-state index is 9.80. The van der Waals surface area contributed by atoms with E-state index in [1.807, 2.05) is 54.6 Å². The highest BCUT2D eigenvalue weighted by molar-refractivity contribution is 6.11. The Balaban J connectivity index is 1.23. The summed E-state index contributed by atoms with van der Waals surface area (Å²) >= 11 is 0. The van der Waals surface area contributed by atoms with Gasteiger partial charge in [0.05, 0.1) is 42.8 Å². The standard InChI is InChI=1S/C57H36N4O/c1-4-14-37(15-5-1)39-24-26-41(27-25-39)56-58-55(40-18-8-3-9-19-40)59-57(60-56)49-35-43(44-28-31-47-46-21-11-13-23-53(46)62-54(47)36-44)30-33-52(49)61-50-22-12-10-20-45(50)48-34-42(29-32-51(48)61)38-16-6-2-7-17-38/h1-36H/i2D,6D,7D,10D,11D,12D,13D,16D,17D,20D,21D,22D,23D,28D,29D,31D,32D,34D,36D. The van der Waals surface area contributed by atoms with Crippen molar-refractivity contribution in [3.05, 3.63) is 218 Å². The molecule has 9 aromatic carbocycles. The fraction of sp³-hybridized carbons (Fsp3) is 0. The van der Waals surface area contributed by atoms with Crippen LogP contribution < -0.4 is 0 Å². The minimum atomic E-state index is -0.780. The molecule has 12 aromatic rings. The molecule has 62 heavy (non-hydrogen) atoms. The highest BCUT2D eigenvalue weighted by Gasteiger charge is 2.21. The van der Waals surface area contributed by atoms with Gasteiger partial charge in [0.1, 0.15) is 11.2 Å². The van der Waals surface area contributed by atoms with Crippen LogP contribution in [0.3, 0.4) is 0 Å². The van der Waals surface area contributed by atoms with E-state index >= 15 is 0 Å². The molecule has 0 spiro atoms. The molecule has 0 aliphatic heterocycles. The quantitative estimate of drug-likeness (QED) is 0.161. The Morgan fingerprint density at radius 2 is 0.935 bits per heavy atom. The maximum absolute atomic E-state index is 9.80. The zero-order valence-corrected chi connectivity index (χ0v) is 32.0. The molecule has 12 rings (SSSR count). The number of aromatic nitrogens is 4. The molecule has 0 aliphatic carbocycles. The Labute approximate surface area is 384 Å². The lowest BCUT2D eigenvalue weighted by molar-refractivity contribution is 0.669. The number of fused-ring (bicyclic) bond motifs is 6. The van der Waals surface area contributed by atoms with Gasteiger partial charge in [0, 0.05) is 38.2 Å². The molecule has 0 bridgehead atoms. The first-order valence-electron chi connectivity index (χ1n) is 28.8. The van der Waals surface area contributed by atoms with Crippen LogP contribution in [-0.4, -0.2) is 19.5 Å². The maximum Gasteiger partial charge on any atom is 0.166 e. The number of nitrogens with zero attached hydrogens (tertiary/aromatic N) is 4. The van der Waals surface area contributed by atoms with Gasteiger partial charge in [-0.1, -0.05) is 170 Å². The van der Waals surface area contributed by atoms with E-state index in [1.54, 1.807) is 30.3 Å². The first-order valence-corrected chi connectivity index (χ1v) is 19.3. The Morgan fingerprint density at radius 1 is 0.371 bits per heavy atom. The molecule has 0 unspecified atom stereocenters. The molecule has 5 nitrogen and oxygen atoms in total. The molecule has 5 heteroatoms. The van der Waals surface area contributed by atoms with Crippen molar-refractivity contribution in [1.29, 1.82) is 0 Å².